The van der Waals surface area contributed by atoms with Crippen LogP contribution in [0.5, 0.6) is 5.75 Å². The number of hydrogen-bond acceptors (Lipinski definition) is 5. The number of rotatable bonds is 4. The molecule has 5 rings (SSSR count). The third kappa shape index (κ3) is 3.14. The van der Waals surface area contributed by atoms with Crippen LogP contribution < -0.4 is 14.7 Å². The van der Waals surface area contributed by atoms with Crippen molar-refractivity contribution >= 4 is 46.4 Å². The second-order valence-corrected chi connectivity index (χ2v) is 8.30. The molecular formula is C24H18Cl2N2O4. The number of nitrogens with zero attached hydrogens (tertiary/aromatic N) is 2. The molecule has 0 aliphatic carbocycles. The van der Waals surface area contributed by atoms with E-state index in [1.165, 1.54) is 0 Å². The van der Waals surface area contributed by atoms with Gasteiger partial charge in [-0.3, -0.25) is 14.4 Å². The maximum absolute atomic E-state index is 13.7. The van der Waals surface area contributed by atoms with E-state index in [1.54, 1.807) is 30.4 Å². The minimum Gasteiger partial charge on any atom is -0.496 e. The Morgan fingerprint density at radius 1 is 0.844 bits per heavy atom. The van der Waals surface area contributed by atoms with Crippen molar-refractivity contribution in [2.75, 3.05) is 17.1 Å². The van der Waals surface area contributed by atoms with Gasteiger partial charge in [-0.2, -0.15) is 0 Å². The number of methoxy groups -OCH3 is 1. The summed E-state index contributed by atoms with van der Waals surface area (Å²) in [6.45, 7) is 0. The molecule has 2 aliphatic heterocycles. The van der Waals surface area contributed by atoms with Gasteiger partial charge in [0.1, 0.15) is 11.7 Å². The zero-order valence-corrected chi connectivity index (χ0v) is 18.5. The molecule has 2 amide bonds. The number of ether oxygens (including phenoxy) is 1. The molecule has 2 heterocycles. The summed E-state index contributed by atoms with van der Waals surface area (Å²) in [4.78, 5) is 34.3. The third-order valence-electron chi connectivity index (χ3n) is 5.74. The van der Waals surface area contributed by atoms with Gasteiger partial charge < -0.3 is 4.74 Å². The largest absolute Gasteiger partial charge is 0.496 e. The zero-order valence-electron chi connectivity index (χ0n) is 16.9. The number of para-hydroxylation sites is 3. The van der Waals surface area contributed by atoms with Crippen LogP contribution in [0.3, 0.4) is 0 Å². The van der Waals surface area contributed by atoms with E-state index < -0.39 is 29.9 Å². The maximum atomic E-state index is 13.7. The van der Waals surface area contributed by atoms with Crippen molar-refractivity contribution in [1.82, 2.24) is 0 Å². The minimum atomic E-state index is -1.02. The number of hydroxylamine groups is 1. The third-order valence-corrected chi connectivity index (χ3v) is 6.35. The molecule has 8 heteroatoms. The highest BCUT2D eigenvalue weighted by atomic mass is 35.5. The summed E-state index contributed by atoms with van der Waals surface area (Å²) < 4.78 is 5.57. The van der Waals surface area contributed by atoms with Gasteiger partial charge in [0.15, 0.2) is 6.10 Å². The lowest BCUT2D eigenvalue weighted by atomic mass is 9.90. The molecule has 0 aromatic heterocycles. The van der Waals surface area contributed by atoms with E-state index in [9.17, 15) is 9.59 Å². The van der Waals surface area contributed by atoms with Crippen LogP contribution in [0.1, 0.15) is 11.6 Å². The van der Waals surface area contributed by atoms with Crippen molar-refractivity contribution in [3.63, 3.8) is 0 Å². The fourth-order valence-corrected chi connectivity index (χ4v) is 4.93. The Balaban J connectivity index is 1.64. The van der Waals surface area contributed by atoms with Crippen LogP contribution in [0.2, 0.25) is 10.0 Å². The number of carbonyl (C=O) groups excluding carboxylic acids is 2. The van der Waals surface area contributed by atoms with E-state index in [0.717, 1.165) is 16.2 Å². The number of anilines is 2. The Morgan fingerprint density at radius 3 is 2.19 bits per heavy atom. The highest BCUT2D eigenvalue weighted by Gasteiger charge is 2.61. The SMILES string of the molecule is COc1ccccc1[C@@H]1[C@@H]2C(=O)N(c3c(Cl)cccc3Cl)C(=O)[C@H]2ON1c1ccccc1. The second-order valence-electron chi connectivity index (χ2n) is 7.48. The summed E-state index contributed by atoms with van der Waals surface area (Å²) in [6, 6.07) is 21.0. The number of hydrogen-bond donors (Lipinski definition) is 0. The van der Waals surface area contributed by atoms with Crippen molar-refractivity contribution in [2.24, 2.45) is 5.92 Å². The van der Waals surface area contributed by atoms with Crippen LogP contribution in [0, 0.1) is 5.92 Å². The fourth-order valence-electron chi connectivity index (χ4n) is 4.36. The molecule has 3 atom stereocenters. The first-order chi connectivity index (χ1) is 15.5. The molecule has 32 heavy (non-hydrogen) atoms. The lowest BCUT2D eigenvalue weighted by Gasteiger charge is -2.29. The van der Waals surface area contributed by atoms with Gasteiger partial charge in [0, 0.05) is 5.56 Å². The lowest BCUT2D eigenvalue weighted by Crippen LogP contribution is -2.37. The highest BCUT2D eigenvalue weighted by Crippen LogP contribution is 2.50. The molecule has 0 unspecified atom stereocenters. The average molecular weight is 469 g/mol. The molecule has 3 aromatic rings. The van der Waals surface area contributed by atoms with Crippen LogP contribution in [0.15, 0.2) is 72.8 Å². The minimum absolute atomic E-state index is 0.175. The molecule has 0 radical (unpaired) electrons. The van der Waals surface area contributed by atoms with Crippen molar-refractivity contribution in [2.45, 2.75) is 12.1 Å². The van der Waals surface area contributed by atoms with E-state index >= 15 is 0 Å². The van der Waals surface area contributed by atoms with Crippen LogP contribution in [0.4, 0.5) is 11.4 Å². The Morgan fingerprint density at radius 2 is 1.50 bits per heavy atom. The normalized spacial score (nSPS) is 22.4. The Hall–Kier alpha value is -3.06. The molecule has 0 N–H and O–H groups in total. The van der Waals surface area contributed by atoms with Gasteiger partial charge >= 0.3 is 0 Å². The molecule has 2 saturated heterocycles. The summed E-state index contributed by atoms with van der Waals surface area (Å²) in [5.74, 6) is -1.15. The van der Waals surface area contributed by atoms with Crippen molar-refractivity contribution in [3.8, 4) is 5.75 Å². The van der Waals surface area contributed by atoms with Crippen LogP contribution in [-0.4, -0.2) is 25.0 Å². The van der Waals surface area contributed by atoms with Crippen LogP contribution in [-0.2, 0) is 14.4 Å². The first kappa shape index (κ1) is 20.8. The smallest absolute Gasteiger partial charge is 0.266 e. The topological polar surface area (TPSA) is 59.1 Å². The first-order valence-electron chi connectivity index (χ1n) is 9.98. The molecule has 0 saturated carbocycles. The zero-order chi connectivity index (χ0) is 22.4. The summed E-state index contributed by atoms with van der Waals surface area (Å²) >= 11 is 12.6. The predicted octanol–water partition coefficient (Wildman–Crippen LogP) is 5.05. The van der Waals surface area contributed by atoms with E-state index in [1.807, 2.05) is 54.6 Å². The number of amides is 2. The van der Waals surface area contributed by atoms with Gasteiger partial charge in [0.05, 0.1) is 34.6 Å². The predicted molar refractivity (Wildman–Crippen MR) is 122 cm³/mol. The van der Waals surface area contributed by atoms with Crippen molar-refractivity contribution < 1.29 is 19.2 Å². The van der Waals surface area contributed by atoms with Crippen LogP contribution in [0.25, 0.3) is 0 Å². The Bertz CT molecular complexity index is 1180. The lowest BCUT2D eigenvalue weighted by molar-refractivity contribution is -0.126. The molecular weight excluding hydrogens is 451 g/mol. The number of imide groups is 1. The summed E-state index contributed by atoms with van der Waals surface area (Å²) in [7, 11) is 1.57. The van der Waals surface area contributed by atoms with Gasteiger partial charge in [-0.15, -0.1) is 0 Å². The quantitative estimate of drug-likeness (QED) is 0.501. The summed E-state index contributed by atoms with van der Waals surface area (Å²) in [5.41, 5.74) is 1.63. The second kappa shape index (κ2) is 8.13. The molecule has 162 valence electrons. The van der Waals surface area contributed by atoms with E-state index in [2.05, 4.69) is 0 Å². The monoisotopic (exact) mass is 468 g/mol. The van der Waals surface area contributed by atoms with Crippen molar-refractivity contribution in [1.29, 1.82) is 0 Å². The number of benzene rings is 3. The molecule has 2 aliphatic rings. The molecule has 0 bridgehead atoms. The standard InChI is InChI=1S/C24H18Cl2N2O4/c1-31-18-13-6-5-10-15(18)20-19-22(32-28(20)14-8-3-2-4-9-14)24(30)27(23(19)29)21-16(25)11-7-12-17(21)26/h2-13,19-20,22H,1H3/t19-,20+,22-/m0/s1. The molecule has 2 fully saturated rings. The molecule has 6 nitrogen and oxygen atoms in total. The maximum Gasteiger partial charge on any atom is 0.266 e. The molecule has 3 aromatic carbocycles. The fraction of sp³-hybridized carbons (Fsp3) is 0.167. The average Bonchev–Trinajstić information content (AvgIpc) is 3.31. The van der Waals surface area contributed by atoms with Gasteiger partial charge in [0.25, 0.3) is 5.91 Å². The van der Waals surface area contributed by atoms with Gasteiger partial charge in [-0.1, -0.05) is 65.7 Å². The summed E-state index contributed by atoms with van der Waals surface area (Å²) in [6.07, 6.45) is -1.02. The van der Waals surface area contributed by atoms with E-state index in [0.29, 0.717) is 5.75 Å². The number of carbonyl (C=O) groups is 2. The Labute approximate surface area is 194 Å². The Kier molecular flexibility index (Phi) is 5.29. The summed E-state index contributed by atoms with van der Waals surface area (Å²) in [5, 5.41) is 2.05. The van der Waals surface area contributed by atoms with Crippen LogP contribution >= 0.6 is 23.2 Å². The van der Waals surface area contributed by atoms with E-state index in [4.69, 9.17) is 32.8 Å². The first-order valence-corrected chi connectivity index (χ1v) is 10.7. The highest BCUT2D eigenvalue weighted by molar-refractivity contribution is 6.42. The van der Waals surface area contributed by atoms with Gasteiger partial charge in [-0.05, 0) is 30.3 Å². The number of fused-ring (bicyclic) bond motifs is 1. The van der Waals surface area contributed by atoms with Crippen molar-refractivity contribution in [3.05, 3.63) is 88.4 Å². The van der Waals surface area contributed by atoms with Gasteiger partial charge in [0.2, 0.25) is 5.91 Å². The molecule has 0 spiro atoms. The number of halogens is 2. The van der Waals surface area contributed by atoms with Gasteiger partial charge in [-0.25, -0.2) is 9.96 Å². The van der Waals surface area contributed by atoms with E-state index in [-0.39, 0.29) is 15.7 Å².